The number of carbonyl (C=O) groups is 1. The molecule has 3 rings (SSSR count). The smallest absolute Gasteiger partial charge is 0.317 e. The molecule has 2 heterocycles. The molecule has 1 fully saturated rings. The highest BCUT2D eigenvalue weighted by molar-refractivity contribution is 7.90. The maximum Gasteiger partial charge on any atom is 0.317 e. The van der Waals surface area contributed by atoms with Crippen molar-refractivity contribution in [2.45, 2.75) is 31.2 Å². The zero-order chi connectivity index (χ0) is 20.1. The van der Waals surface area contributed by atoms with E-state index in [2.05, 4.69) is 15.6 Å². The summed E-state index contributed by atoms with van der Waals surface area (Å²) in [7, 11) is -3.26. The van der Waals surface area contributed by atoms with Gasteiger partial charge >= 0.3 is 6.03 Å². The number of carbonyl (C=O) groups excluding carboxylic acids is 1. The number of hydrogen-bond donors (Lipinski definition) is 2. The SMILES string of the molecule is Cc1csc(CNC(=O)N2CCC(CNc3ccccc3S(C)(=O)=O)CC2)n1. The van der Waals surface area contributed by atoms with Gasteiger partial charge in [0.15, 0.2) is 9.84 Å². The van der Waals surface area contributed by atoms with Crippen molar-refractivity contribution in [1.82, 2.24) is 15.2 Å². The van der Waals surface area contributed by atoms with Crippen LogP contribution in [0.3, 0.4) is 0 Å². The third kappa shape index (κ3) is 5.45. The Morgan fingerprint density at radius 3 is 2.64 bits per heavy atom. The standard InChI is InChI=1S/C19H26N4O3S2/c1-14-13-27-18(22-14)12-21-19(24)23-9-7-15(8-10-23)11-20-16-5-3-4-6-17(16)28(2,25)26/h3-6,13,15,20H,7-12H2,1-2H3,(H,21,24). The Labute approximate surface area is 170 Å². The molecule has 0 spiro atoms. The van der Waals surface area contributed by atoms with Crippen LogP contribution in [0, 0.1) is 12.8 Å². The van der Waals surface area contributed by atoms with Crippen molar-refractivity contribution >= 4 is 32.9 Å². The number of urea groups is 1. The summed E-state index contributed by atoms with van der Waals surface area (Å²) in [4.78, 5) is 18.8. The summed E-state index contributed by atoms with van der Waals surface area (Å²) < 4.78 is 23.8. The minimum absolute atomic E-state index is 0.0540. The van der Waals surface area contributed by atoms with Gasteiger partial charge in [0.05, 0.1) is 17.1 Å². The lowest BCUT2D eigenvalue weighted by molar-refractivity contribution is 0.172. The van der Waals surface area contributed by atoms with Crippen LogP contribution in [0.5, 0.6) is 0 Å². The molecule has 1 saturated heterocycles. The molecule has 0 saturated carbocycles. The van der Waals surface area contributed by atoms with Crippen LogP contribution in [0.4, 0.5) is 10.5 Å². The number of para-hydroxylation sites is 1. The first-order chi connectivity index (χ1) is 13.3. The lowest BCUT2D eigenvalue weighted by atomic mass is 9.97. The first-order valence-corrected chi connectivity index (χ1v) is 12.1. The molecule has 1 aliphatic rings. The maximum absolute atomic E-state index is 12.3. The molecule has 2 N–H and O–H groups in total. The molecule has 1 aromatic carbocycles. The van der Waals surface area contributed by atoms with Gasteiger partial charge in [0.2, 0.25) is 0 Å². The normalized spacial score (nSPS) is 15.4. The third-order valence-corrected chi connectivity index (χ3v) is 6.95. The van der Waals surface area contributed by atoms with Gasteiger partial charge in [0.25, 0.3) is 0 Å². The lowest BCUT2D eigenvalue weighted by Gasteiger charge is -2.32. The molecule has 7 nitrogen and oxygen atoms in total. The van der Waals surface area contributed by atoms with E-state index >= 15 is 0 Å². The van der Waals surface area contributed by atoms with Crippen molar-refractivity contribution in [3.8, 4) is 0 Å². The number of piperidine rings is 1. The molecule has 0 aliphatic carbocycles. The van der Waals surface area contributed by atoms with E-state index in [-0.39, 0.29) is 6.03 Å². The average Bonchev–Trinajstić information content (AvgIpc) is 3.09. The fraction of sp³-hybridized carbons (Fsp3) is 0.474. The number of sulfone groups is 1. The van der Waals surface area contributed by atoms with Crippen molar-refractivity contribution in [2.75, 3.05) is 31.2 Å². The second-order valence-corrected chi connectivity index (χ2v) is 10.0. The maximum atomic E-state index is 12.3. The predicted molar refractivity (Wildman–Crippen MR) is 111 cm³/mol. The van der Waals surface area contributed by atoms with Gasteiger partial charge in [-0.3, -0.25) is 0 Å². The van der Waals surface area contributed by atoms with Gasteiger partial charge in [-0.15, -0.1) is 11.3 Å². The van der Waals surface area contributed by atoms with Gasteiger partial charge in [-0.2, -0.15) is 0 Å². The van der Waals surface area contributed by atoms with E-state index < -0.39 is 9.84 Å². The van der Waals surface area contributed by atoms with Gasteiger partial charge in [0.1, 0.15) is 5.01 Å². The van der Waals surface area contributed by atoms with Gasteiger partial charge in [-0.05, 0) is 37.8 Å². The third-order valence-electron chi connectivity index (χ3n) is 4.83. The summed E-state index contributed by atoms with van der Waals surface area (Å²) in [5, 5.41) is 9.09. The lowest BCUT2D eigenvalue weighted by Crippen LogP contribution is -2.45. The van der Waals surface area contributed by atoms with Crippen LogP contribution in [-0.2, 0) is 16.4 Å². The molecule has 2 aromatic rings. The Balaban J connectivity index is 1.45. The molecule has 0 radical (unpaired) electrons. The largest absolute Gasteiger partial charge is 0.384 e. The van der Waals surface area contributed by atoms with Crippen LogP contribution >= 0.6 is 11.3 Å². The number of hydrogen-bond acceptors (Lipinski definition) is 6. The zero-order valence-corrected chi connectivity index (χ0v) is 17.8. The highest BCUT2D eigenvalue weighted by Crippen LogP contribution is 2.23. The van der Waals surface area contributed by atoms with E-state index in [1.165, 1.54) is 6.26 Å². The van der Waals surface area contributed by atoms with Gasteiger partial charge < -0.3 is 15.5 Å². The molecule has 9 heteroatoms. The van der Waals surface area contributed by atoms with Crippen LogP contribution in [0.1, 0.15) is 23.5 Å². The first kappa shape index (κ1) is 20.6. The number of rotatable bonds is 6. The van der Waals surface area contributed by atoms with E-state index in [1.807, 2.05) is 23.3 Å². The van der Waals surface area contributed by atoms with Gasteiger partial charge in [0, 0.05) is 37.0 Å². The average molecular weight is 423 g/mol. The number of thiazole rings is 1. The van der Waals surface area contributed by atoms with Gasteiger partial charge in [-0.1, -0.05) is 12.1 Å². The number of nitrogens with zero attached hydrogens (tertiary/aromatic N) is 2. The van der Waals surface area contributed by atoms with Crippen LogP contribution in [0.2, 0.25) is 0 Å². The number of likely N-dealkylation sites (tertiary alicyclic amines) is 1. The van der Waals surface area contributed by atoms with Crippen LogP contribution in [-0.4, -0.2) is 50.2 Å². The molecule has 152 valence electrons. The Morgan fingerprint density at radius 1 is 1.29 bits per heavy atom. The van der Waals surface area contributed by atoms with Gasteiger partial charge in [-0.25, -0.2) is 18.2 Å². The molecular formula is C19H26N4O3S2. The van der Waals surface area contributed by atoms with E-state index in [9.17, 15) is 13.2 Å². The summed E-state index contributed by atoms with van der Waals surface area (Å²) in [6, 6.07) is 6.91. The molecule has 28 heavy (non-hydrogen) atoms. The van der Waals surface area contributed by atoms with Crippen LogP contribution in [0.15, 0.2) is 34.5 Å². The second-order valence-electron chi connectivity index (χ2n) is 7.12. The quantitative estimate of drug-likeness (QED) is 0.747. The second kappa shape index (κ2) is 8.91. The highest BCUT2D eigenvalue weighted by Gasteiger charge is 2.23. The minimum Gasteiger partial charge on any atom is -0.384 e. The summed E-state index contributed by atoms with van der Waals surface area (Å²) in [6.07, 6.45) is 2.99. The van der Waals surface area contributed by atoms with E-state index in [0.29, 0.717) is 42.7 Å². The number of aryl methyl sites for hydroxylation is 1. The number of aromatic nitrogens is 1. The van der Waals surface area contributed by atoms with E-state index in [0.717, 1.165) is 23.5 Å². The molecular weight excluding hydrogens is 396 g/mol. The Kier molecular flexibility index (Phi) is 6.56. The minimum atomic E-state index is -3.26. The molecule has 0 bridgehead atoms. The molecule has 1 aliphatic heterocycles. The number of anilines is 1. The Hall–Kier alpha value is -2.13. The molecule has 0 unspecified atom stereocenters. The van der Waals surface area contributed by atoms with Crippen LogP contribution < -0.4 is 10.6 Å². The summed E-state index contributed by atoms with van der Waals surface area (Å²) >= 11 is 1.55. The number of nitrogens with one attached hydrogen (secondary N) is 2. The van der Waals surface area contributed by atoms with Crippen molar-refractivity contribution in [2.24, 2.45) is 5.92 Å². The monoisotopic (exact) mass is 422 g/mol. The highest BCUT2D eigenvalue weighted by atomic mass is 32.2. The fourth-order valence-corrected chi connectivity index (χ4v) is 4.85. The van der Waals surface area contributed by atoms with Crippen molar-refractivity contribution in [3.05, 3.63) is 40.3 Å². The zero-order valence-electron chi connectivity index (χ0n) is 16.1. The number of amides is 2. The number of benzene rings is 1. The molecule has 2 amide bonds. The summed E-state index contributed by atoms with van der Waals surface area (Å²) in [5.74, 6) is 0.401. The van der Waals surface area contributed by atoms with Crippen molar-refractivity contribution in [1.29, 1.82) is 0 Å². The molecule has 1 aromatic heterocycles. The summed E-state index contributed by atoms with van der Waals surface area (Å²) in [6.45, 7) is 4.49. The van der Waals surface area contributed by atoms with Crippen LogP contribution in [0.25, 0.3) is 0 Å². The topological polar surface area (TPSA) is 91.4 Å². The Morgan fingerprint density at radius 2 is 2.00 bits per heavy atom. The predicted octanol–water partition coefficient (Wildman–Crippen LogP) is 2.89. The fourth-order valence-electron chi connectivity index (χ4n) is 3.28. The molecule has 0 atom stereocenters. The van der Waals surface area contributed by atoms with Crippen molar-refractivity contribution in [3.63, 3.8) is 0 Å². The summed E-state index contributed by atoms with van der Waals surface area (Å²) in [5.41, 5.74) is 1.61. The van der Waals surface area contributed by atoms with Crippen molar-refractivity contribution < 1.29 is 13.2 Å². The van der Waals surface area contributed by atoms with E-state index in [1.54, 1.807) is 29.5 Å². The van der Waals surface area contributed by atoms with E-state index in [4.69, 9.17) is 0 Å². The first-order valence-electron chi connectivity index (χ1n) is 9.29. The Bertz CT molecular complexity index is 919.